The van der Waals surface area contributed by atoms with Gasteiger partial charge in [-0.25, -0.2) is 0 Å². The third-order valence-corrected chi connectivity index (χ3v) is 4.28. The summed E-state index contributed by atoms with van der Waals surface area (Å²) >= 11 is 0. The number of benzene rings is 2. The Balaban J connectivity index is 1.74. The fourth-order valence-corrected chi connectivity index (χ4v) is 2.95. The summed E-state index contributed by atoms with van der Waals surface area (Å²) in [5, 5.41) is 2.81. The van der Waals surface area contributed by atoms with E-state index in [2.05, 4.69) is 5.32 Å². The van der Waals surface area contributed by atoms with Gasteiger partial charge in [-0.15, -0.1) is 0 Å². The molecule has 1 saturated heterocycles. The predicted octanol–water partition coefficient (Wildman–Crippen LogP) is 1.94. The van der Waals surface area contributed by atoms with Gasteiger partial charge >= 0.3 is 0 Å². The molecule has 0 unspecified atom stereocenters. The third-order valence-electron chi connectivity index (χ3n) is 4.28. The summed E-state index contributed by atoms with van der Waals surface area (Å²) in [5.41, 5.74) is 6.76. The standard InChI is InChI=1S/C20H21N3O5/c1-27-17-10-13(7-8-16(17)28-12-18(21)24)20(26)22-14-4-2-5-15(11-14)23-9-3-6-19(23)25/h2,4-5,7-8,10-11H,3,6,9,12H2,1H3,(H2,21,24)(H,22,26). The Morgan fingerprint density at radius 2 is 2.00 bits per heavy atom. The van der Waals surface area contributed by atoms with E-state index in [-0.39, 0.29) is 18.4 Å². The second kappa shape index (κ2) is 8.43. The molecule has 3 N–H and O–H groups in total. The SMILES string of the molecule is COc1cc(C(=O)Nc2cccc(N3CCCC3=O)c2)ccc1OCC(N)=O. The summed E-state index contributed by atoms with van der Waals surface area (Å²) in [4.78, 5) is 37.1. The maximum absolute atomic E-state index is 12.6. The molecule has 0 aliphatic carbocycles. The van der Waals surface area contributed by atoms with Crippen molar-refractivity contribution in [3.8, 4) is 11.5 Å². The molecular formula is C20H21N3O5. The van der Waals surface area contributed by atoms with Crippen LogP contribution in [0.25, 0.3) is 0 Å². The zero-order valence-electron chi connectivity index (χ0n) is 15.4. The highest BCUT2D eigenvalue weighted by molar-refractivity contribution is 6.05. The predicted molar refractivity (Wildman–Crippen MR) is 104 cm³/mol. The number of nitrogens with zero attached hydrogens (tertiary/aromatic N) is 1. The van der Waals surface area contributed by atoms with Crippen LogP contribution in [0.1, 0.15) is 23.2 Å². The number of nitrogens with two attached hydrogens (primary N) is 1. The van der Waals surface area contributed by atoms with E-state index in [9.17, 15) is 14.4 Å². The van der Waals surface area contributed by atoms with E-state index >= 15 is 0 Å². The number of primary amides is 1. The summed E-state index contributed by atoms with van der Waals surface area (Å²) in [7, 11) is 1.44. The Labute approximate surface area is 162 Å². The molecule has 3 amide bonds. The summed E-state index contributed by atoms with van der Waals surface area (Å²) in [5.74, 6) is -0.248. The molecule has 8 heteroatoms. The number of hydrogen-bond donors (Lipinski definition) is 2. The molecule has 3 rings (SSSR count). The van der Waals surface area contributed by atoms with Crippen LogP contribution >= 0.6 is 0 Å². The van der Waals surface area contributed by atoms with E-state index in [1.54, 1.807) is 29.2 Å². The van der Waals surface area contributed by atoms with Gasteiger partial charge in [-0.2, -0.15) is 0 Å². The first kappa shape index (κ1) is 19.2. The number of methoxy groups -OCH3 is 1. The average molecular weight is 383 g/mol. The lowest BCUT2D eigenvalue weighted by molar-refractivity contribution is -0.120. The number of anilines is 2. The molecule has 0 aromatic heterocycles. The van der Waals surface area contributed by atoms with Crippen molar-refractivity contribution in [2.75, 3.05) is 30.5 Å². The van der Waals surface area contributed by atoms with Gasteiger partial charge in [0.1, 0.15) is 0 Å². The highest BCUT2D eigenvalue weighted by Crippen LogP contribution is 2.29. The molecule has 0 bridgehead atoms. The topological polar surface area (TPSA) is 111 Å². The highest BCUT2D eigenvalue weighted by Gasteiger charge is 2.22. The van der Waals surface area contributed by atoms with Crippen molar-refractivity contribution in [1.29, 1.82) is 0 Å². The molecule has 146 valence electrons. The van der Waals surface area contributed by atoms with Crippen molar-refractivity contribution in [2.45, 2.75) is 12.8 Å². The quantitative estimate of drug-likeness (QED) is 0.759. The van der Waals surface area contributed by atoms with Crippen molar-refractivity contribution in [1.82, 2.24) is 0 Å². The van der Waals surface area contributed by atoms with Crippen LogP contribution in [-0.2, 0) is 9.59 Å². The van der Waals surface area contributed by atoms with Gasteiger partial charge in [0.25, 0.3) is 11.8 Å². The van der Waals surface area contributed by atoms with Gasteiger partial charge in [-0.1, -0.05) is 6.07 Å². The second-order valence-corrected chi connectivity index (χ2v) is 6.27. The molecular weight excluding hydrogens is 362 g/mol. The monoisotopic (exact) mass is 383 g/mol. The average Bonchev–Trinajstić information content (AvgIpc) is 3.12. The lowest BCUT2D eigenvalue weighted by atomic mass is 10.1. The lowest BCUT2D eigenvalue weighted by Gasteiger charge is -2.17. The van der Waals surface area contributed by atoms with Crippen LogP contribution in [0.15, 0.2) is 42.5 Å². The minimum atomic E-state index is -0.611. The Morgan fingerprint density at radius 1 is 1.18 bits per heavy atom. The molecule has 28 heavy (non-hydrogen) atoms. The Hall–Kier alpha value is -3.55. The Kier molecular flexibility index (Phi) is 5.78. The molecule has 0 spiro atoms. The van der Waals surface area contributed by atoms with E-state index in [0.29, 0.717) is 35.7 Å². The first-order chi connectivity index (χ1) is 13.5. The van der Waals surface area contributed by atoms with E-state index < -0.39 is 5.91 Å². The fraction of sp³-hybridized carbons (Fsp3) is 0.250. The molecule has 0 saturated carbocycles. The van der Waals surface area contributed by atoms with Gasteiger partial charge in [-0.3, -0.25) is 14.4 Å². The summed E-state index contributed by atoms with van der Waals surface area (Å²) < 4.78 is 10.5. The van der Waals surface area contributed by atoms with Crippen LogP contribution in [-0.4, -0.2) is 38.0 Å². The second-order valence-electron chi connectivity index (χ2n) is 6.27. The zero-order chi connectivity index (χ0) is 20.1. The maximum atomic E-state index is 12.6. The van der Waals surface area contributed by atoms with E-state index in [1.165, 1.54) is 19.2 Å². The van der Waals surface area contributed by atoms with Crippen molar-refractivity contribution in [2.24, 2.45) is 5.73 Å². The molecule has 1 heterocycles. The molecule has 0 radical (unpaired) electrons. The van der Waals surface area contributed by atoms with Gasteiger partial charge in [0, 0.05) is 29.9 Å². The van der Waals surface area contributed by atoms with Crippen LogP contribution in [0.2, 0.25) is 0 Å². The van der Waals surface area contributed by atoms with E-state index in [1.807, 2.05) is 6.07 Å². The fourth-order valence-electron chi connectivity index (χ4n) is 2.95. The number of rotatable bonds is 7. The first-order valence-electron chi connectivity index (χ1n) is 8.79. The minimum absolute atomic E-state index is 0.0831. The normalized spacial score (nSPS) is 13.3. The van der Waals surface area contributed by atoms with Gasteiger partial charge in [0.05, 0.1) is 7.11 Å². The zero-order valence-corrected chi connectivity index (χ0v) is 15.4. The van der Waals surface area contributed by atoms with Crippen molar-refractivity contribution < 1.29 is 23.9 Å². The van der Waals surface area contributed by atoms with Crippen molar-refractivity contribution in [3.05, 3.63) is 48.0 Å². The molecule has 0 atom stereocenters. The van der Waals surface area contributed by atoms with Crippen LogP contribution in [0, 0.1) is 0 Å². The summed E-state index contributed by atoms with van der Waals surface area (Å²) in [6.45, 7) is 0.393. The maximum Gasteiger partial charge on any atom is 0.255 e. The van der Waals surface area contributed by atoms with Gasteiger partial charge < -0.3 is 25.4 Å². The first-order valence-corrected chi connectivity index (χ1v) is 8.79. The van der Waals surface area contributed by atoms with Crippen LogP contribution in [0.5, 0.6) is 11.5 Å². The van der Waals surface area contributed by atoms with Gasteiger partial charge in [0.2, 0.25) is 5.91 Å². The number of carbonyl (C=O) groups is 3. The number of ether oxygens (including phenoxy) is 2. The van der Waals surface area contributed by atoms with Gasteiger partial charge in [-0.05, 0) is 42.8 Å². The Bertz CT molecular complexity index is 912. The third kappa shape index (κ3) is 4.40. The molecule has 1 aliphatic heterocycles. The number of carbonyl (C=O) groups excluding carboxylic acids is 3. The van der Waals surface area contributed by atoms with E-state index in [4.69, 9.17) is 15.2 Å². The number of amides is 3. The molecule has 8 nitrogen and oxygen atoms in total. The smallest absolute Gasteiger partial charge is 0.255 e. The largest absolute Gasteiger partial charge is 0.493 e. The van der Waals surface area contributed by atoms with Crippen LogP contribution < -0.4 is 25.4 Å². The molecule has 1 fully saturated rings. The van der Waals surface area contributed by atoms with Gasteiger partial charge in [0.15, 0.2) is 18.1 Å². The summed E-state index contributed by atoms with van der Waals surface area (Å²) in [6, 6.07) is 11.8. The number of nitrogens with one attached hydrogen (secondary N) is 1. The molecule has 1 aliphatic rings. The van der Waals surface area contributed by atoms with Crippen molar-refractivity contribution in [3.63, 3.8) is 0 Å². The number of hydrogen-bond acceptors (Lipinski definition) is 5. The summed E-state index contributed by atoms with van der Waals surface area (Å²) in [6.07, 6.45) is 1.37. The molecule has 2 aromatic rings. The van der Waals surface area contributed by atoms with Crippen LogP contribution in [0.4, 0.5) is 11.4 Å². The minimum Gasteiger partial charge on any atom is -0.493 e. The Morgan fingerprint density at radius 3 is 2.68 bits per heavy atom. The van der Waals surface area contributed by atoms with Crippen LogP contribution in [0.3, 0.4) is 0 Å². The highest BCUT2D eigenvalue weighted by atomic mass is 16.5. The molecule has 2 aromatic carbocycles. The van der Waals surface area contributed by atoms with Crippen molar-refractivity contribution >= 4 is 29.1 Å². The lowest BCUT2D eigenvalue weighted by Crippen LogP contribution is -2.23. The van der Waals surface area contributed by atoms with E-state index in [0.717, 1.165) is 12.1 Å².